The SMILES string of the molecule is COC(=O)C1=C(C(=O)OC)N(c2cc(Br)c3c(c2)CCN3C(C)=O)C(N)=C(C#N)C1c1ccccc1. The van der Waals surface area contributed by atoms with Crippen LogP contribution in [0.25, 0.3) is 0 Å². The first-order chi connectivity index (χ1) is 17.2. The Balaban J connectivity index is 2.03. The Morgan fingerprint density at radius 3 is 2.36 bits per heavy atom. The summed E-state index contributed by atoms with van der Waals surface area (Å²) >= 11 is 3.54. The summed E-state index contributed by atoms with van der Waals surface area (Å²) in [7, 11) is 2.40. The predicted octanol–water partition coefficient (Wildman–Crippen LogP) is 3.26. The lowest BCUT2D eigenvalue weighted by atomic mass is 9.81. The van der Waals surface area contributed by atoms with Crippen molar-refractivity contribution in [2.75, 3.05) is 30.6 Å². The second-order valence-corrected chi connectivity index (χ2v) is 9.05. The Hall–Kier alpha value is -4.10. The highest BCUT2D eigenvalue weighted by molar-refractivity contribution is 9.10. The highest BCUT2D eigenvalue weighted by Crippen LogP contribution is 2.46. The summed E-state index contributed by atoms with van der Waals surface area (Å²) in [5.74, 6) is -2.68. The molecule has 1 unspecified atom stereocenters. The molecule has 0 bridgehead atoms. The zero-order chi connectivity index (χ0) is 26.1. The zero-order valence-corrected chi connectivity index (χ0v) is 21.5. The van der Waals surface area contributed by atoms with Crippen LogP contribution in [0.1, 0.15) is 24.0 Å². The quantitative estimate of drug-likeness (QED) is 0.575. The van der Waals surface area contributed by atoms with Crippen molar-refractivity contribution in [2.45, 2.75) is 19.3 Å². The normalized spacial score (nSPS) is 17.0. The molecule has 9 nitrogen and oxygen atoms in total. The highest BCUT2D eigenvalue weighted by Gasteiger charge is 2.43. The van der Waals surface area contributed by atoms with Gasteiger partial charge in [-0.3, -0.25) is 9.69 Å². The molecule has 2 aliphatic rings. The van der Waals surface area contributed by atoms with Crippen LogP contribution in [0, 0.1) is 11.3 Å². The van der Waals surface area contributed by atoms with Gasteiger partial charge >= 0.3 is 11.9 Å². The van der Waals surface area contributed by atoms with Gasteiger partial charge in [0, 0.05) is 23.6 Å². The van der Waals surface area contributed by atoms with Gasteiger partial charge in [0.2, 0.25) is 5.91 Å². The predicted molar refractivity (Wildman–Crippen MR) is 135 cm³/mol. The molecule has 1 amide bonds. The van der Waals surface area contributed by atoms with Crippen LogP contribution in [0.2, 0.25) is 0 Å². The number of carbonyl (C=O) groups excluding carboxylic acids is 3. The van der Waals surface area contributed by atoms with Crippen LogP contribution < -0.4 is 15.5 Å². The molecule has 4 rings (SSSR count). The number of nitriles is 1. The van der Waals surface area contributed by atoms with Crippen molar-refractivity contribution in [3.63, 3.8) is 0 Å². The van der Waals surface area contributed by atoms with E-state index in [0.717, 1.165) is 11.3 Å². The molecule has 2 N–H and O–H groups in total. The zero-order valence-electron chi connectivity index (χ0n) is 19.9. The number of hydrogen-bond donors (Lipinski definition) is 1. The number of carbonyl (C=O) groups is 3. The van der Waals surface area contributed by atoms with Gasteiger partial charge in [-0.05, 0) is 45.6 Å². The number of esters is 2. The summed E-state index contributed by atoms with van der Waals surface area (Å²) in [6, 6.07) is 14.4. The summed E-state index contributed by atoms with van der Waals surface area (Å²) in [6.45, 7) is 2.00. The first-order valence-electron chi connectivity index (χ1n) is 11.0. The number of halogens is 1. The second-order valence-electron chi connectivity index (χ2n) is 8.19. The number of anilines is 2. The average Bonchev–Trinajstić information content (AvgIpc) is 3.32. The molecular weight excluding hydrogens is 528 g/mol. The van der Waals surface area contributed by atoms with Gasteiger partial charge in [-0.2, -0.15) is 5.26 Å². The summed E-state index contributed by atoms with van der Waals surface area (Å²) in [6.07, 6.45) is 0.581. The second kappa shape index (κ2) is 9.87. The van der Waals surface area contributed by atoms with Crippen LogP contribution in [0.5, 0.6) is 0 Å². The molecule has 10 heteroatoms. The third-order valence-corrected chi connectivity index (χ3v) is 6.85. The standard InChI is InChI=1S/C26H23BrN4O5/c1-14(32)30-10-9-16-11-17(12-19(27)22(16)30)31-23(26(34)36-3)21(25(33)35-2)20(18(13-28)24(31)29)15-7-5-4-6-8-15/h4-8,11-12,20H,9-10,29H2,1-3H3. The fourth-order valence-corrected chi connectivity index (χ4v) is 5.41. The third-order valence-electron chi connectivity index (χ3n) is 6.25. The molecule has 0 spiro atoms. The largest absolute Gasteiger partial charge is 0.466 e. The van der Waals surface area contributed by atoms with Gasteiger partial charge in [-0.25, -0.2) is 9.59 Å². The van der Waals surface area contributed by atoms with Crippen LogP contribution in [-0.2, 0) is 30.3 Å². The van der Waals surface area contributed by atoms with Crippen molar-refractivity contribution in [3.05, 3.63) is 80.7 Å². The van der Waals surface area contributed by atoms with Crippen LogP contribution in [0.4, 0.5) is 11.4 Å². The van der Waals surface area contributed by atoms with Crippen molar-refractivity contribution in [1.82, 2.24) is 0 Å². The number of benzene rings is 2. The van der Waals surface area contributed by atoms with Gasteiger partial charge in [-0.15, -0.1) is 0 Å². The molecule has 2 heterocycles. The van der Waals surface area contributed by atoms with Crippen LogP contribution in [-0.4, -0.2) is 38.6 Å². The van der Waals surface area contributed by atoms with E-state index in [0.29, 0.717) is 28.7 Å². The van der Waals surface area contributed by atoms with Crippen LogP contribution in [0.15, 0.2) is 69.6 Å². The van der Waals surface area contributed by atoms with Crippen molar-refractivity contribution in [1.29, 1.82) is 5.26 Å². The number of amides is 1. The molecule has 0 fully saturated rings. The number of nitrogens with zero attached hydrogens (tertiary/aromatic N) is 3. The number of rotatable bonds is 4. The first kappa shape index (κ1) is 25.0. The lowest BCUT2D eigenvalue weighted by Gasteiger charge is -2.36. The van der Waals surface area contributed by atoms with E-state index < -0.39 is 17.9 Å². The Morgan fingerprint density at radius 2 is 1.78 bits per heavy atom. The van der Waals surface area contributed by atoms with E-state index in [1.807, 2.05) is 0 Å². The van der Waals surface area contributed by atoms with Crippen molar-refractivity contribution < 1.29 is 23.9 Å². The summed E-state index contributed by atoms with van der Waals surface area (Å²) in [5, 5.41) is 10.2. The molecule has 0 saturated carbocycles. The van der Waals surface area contributed by atoms with Gasteiger partial charge < -0.3 is 20.1 Å². The third kappa shape index (κ3) is 4.01. The minimum Gasteiger partial charge on any atom is -0.466 e. The fraction of sp³-hybridized carbons (Fsp3) is 0.231. The van der Waals surface area contributed by atoms with Gasteiger partial charge in [0.1, 0.15) is 11.5 Å². The van der Waals surface area contributed by atoms with Crippen LogP contribution >= 0.6 is 15.9 Å². The number of nitrogens with two attached hydrogens (primary N) is 1. The molecule has 36 heavy (non-hydrogen) atoms. The average molecular weight is 551 g/mol. The molecule has 2 aromatic rings. The molecule has 184 valence electrons. The Labute approximate surface area is 216 Å². The molecule has 2 aliphatic heterocycles. The Kier molecular flexibility index (Phi) is 6.86. The van der Waals surface area contributed by atoms with Gasteiger partial charge in [0.25, 0.3) is 0 Å². The lowest BCUT2D eigenvalue weighted by molar-refractivity contribution is -0.139. The summed E-state index contributed by atoms with van der Waals surface area (Å²) < 4.78 is 10.7. The number of allylic oxidation sites excluding steroid dienone is 1. The Bertz CT molecular complexity index is 1380. The van der Waals surface area contributed by atoms with Gasteiger partial charge in [0.15, 0.2) is 0 Å². The minimum atomic E-state index is -0.944. The smallest absolute Gasteiger partial charge is 0.355 e. The van der Waals surface area contributed by atoms with E-state index in [-0.39, 0.29) is 28.6 Å². The van der Waals surface area contributed by atoms with Gasteiger partial charge in [-0.1, -0.05) is 30.3 Å². The maximum Gasteiger partial charge on any atom is 0.355 e. The highest BCUT2D eigenvalue weighted by atomic mass is 79.9. The summed E-state index contributed by atoms with van der Waals surface area (Å²) in [5.41, 5.74) is 9.00. The van der Waals surface area contributed by atoms with Gasteiger partial charge in [0.05, 0.1) is 43.0 Å². The van der Waals surface area contributed by atoms with E-state index in [4.69, 9.17) is 15.2 Å². The maximum atomic E-state index is 13.2. The Morgan fingerprint density at radius 1 is 1.11 bits per heavy atom. The number of fused-ring (bicyclic) bond motifs is 1. The van der Waals surface area contributed by atoms with E-state index >= 15 is 0 Å². The summed E-state index contributed by atoms with van der Waals surface area (Å²) in [4.78, 5) is 41.5. The van der Waals surface area contributed by atoms with E-state index in [9.17, 15) is 19.6 Å². The lowest BCUT2D eigenvalue weighted by Crippen LogP contribution is -2.40. The molecule has 0 aliphatic carbocycles. The molecular formula is C26H23BrN4O5. The first-order valence-corrected chi connectivity index (χ1v) is 11.8. The minimum absolute atomic E-state index is 0.0207. The monoisotopic (exact) mass is 550 g/mol. The number of ether oxygens (including phenoxy) is 2. The number of hydrogen-bond acceptors (Lipinski definition) is 8. The number of methoxy groups -OCH3 is 2. The van der Waals surface area contributed by atoms with E-state index in [1.165, 1.54) is 26.0 Å². The van der Waals surface area contributed by atoms with Crippen molar-refractivity contribution in [2.24, 2.45) is 5.73 Å². The molecule has 0 saturated heterocycles. The fourth-order valence-electron chi connectivity index (χ4n) is 4.70. The van der Waals surface area contributed by atoms with E-state index in [1.54, 1.807) is 47.4 Å². The molecule has 1 atom stereocenters. The topological polar surface area (TPSA) is 126 Å². The van der Waals surface area contributed by atoms with Crippen LogP contribution in [0.3, 0.4) is 0 Å². The maximum absolute atomic E-state index is 13.2. The van der Waals surface area contributed by atoms with Crippen molar-refractivity contribution >= 4 is 45.2 Å². The molecule has 2 aromatic carbocycles. The van der Waals surface area contributed by atoms with Crippen molar-refractivity contribution in [3.8, 4) is 6.07 Å². The molecule has 0 aromatic heterocycles. The van der Waals surface area contributed by atoms with E-state index in [2.05, 4.69) is 22.0 Å². The molecule has 0 radical (unpaired) electrons.